The summed E-state index contributed by atoms with van der Waals surface area (Å²) in [6.07, 6.45) is 0. The van der Waals surface area contributed by atoms with Gasteiger partial charge in [-0.05, 0) is 24.1 Å². The third-order valence-corrected chi connectivity index (χ3v) is 2.06. The van der Waals surface area contributed by atoms with E-state index in [1.165, 1.54) is 5.56 Å². The minimum absolute atomic E-state index is 0.643. The second-order valence-electron chi connectivity index (χ2n) is 2.76. The van der Waals surface area contributed by atoms with Crippen molar-refractivity contribution in [2.45, 2.75) is 13.2 Å². The molecule has 1 radical (unpaired) electrons. The number of ether oxygens (including phenoxy) is 1. The normalized spacial score (nSPS) is 15.0. The van der Waals surface area contributed by atoms with Gasteiger partial charge in [0.25, 0.3) is 0 Å². The molecule has 0 saturated heterocycles. The van der Waals surface area contributed by atoms with Crippen LogP contribution in [0.25, 0.3) is 0 Å². The lowest BCUT2D eigenvalue weighted by Crippen LogP contribution is -1.94. The Kier molecular flexibility index (Phi) is 1.36. The van der Waals surface area contributed by atoms with Crippen molar-refractivity contribution < 1.29 is 4.74 Å². The van der Waals surface area contributed by atoms with Gasteiger partial charge in [-0.2, -0.15) is 0 Å². The summed E-state index contributed by atoms with van der Waals surface area (Å²) in [7, 11) is 0. The van der Waals surface area contributed by atoms with E-state index in [9.17, 15) is 0 Å². The Hall–Kier alpha value is -1.02. The van der Waals surface area contributed by atoms with Gasteiger partial charge in [-0.15, -0.1) is 0 Å². The summed E-state index contributed by atoms with van der Waals surface area (Å²) in [5, 5.41) is 0. The summed E-state index contributed by atoms with van der Waals surface area (Å²) in [5.41, 5.74) is 9.88. The molecule has 1 heterocycles. The molecule has 2 heteroatoms. The van der Waals surface area contributed by atoms with E-state index in [1.54, 1.807) is 0 Å². The van der Waals surface area contributed by atoms with Crippen LogP contribution in [-0.2, 0) is 18.0 Å². The van der Waals surface area contributed by atoms with Crippen LogP contribution in [0.15, 0.2) is 12.1 Å². The molecular weight excluding hydrogens is 138 g/mol. The van der Waals surface area contributed by atoms with E-state index >= 15 is 0 Å². The third-order valence-electron chi connectivity index (χ3n) is 2.06. The number of rotatable bonds is 0. The minimum Gasteiger partial charge on any atom is -0.398 e. The molecule has 2 rings (SSSR count). The molecule has 11 heavy (non-hydrogen) atoms. The molecule has 0 saturated carbocycles. The first-order valence-corrected chi connectivity index (χ1v) is 3.59. The summed E-state index contributed by atoms with van der Waals surface area (Å²) in [6, 6.07) is 3.82. The van der Waals surface area contributed by atoms with Crippen LogP contribution in [0.4, 0.5) is 5.69 Å². The van der Waals surface area contributed by atoms with Gasteiger partial charge in [0.1, 0.15) is 0 Å². The average Bonchev–Trinajstić information content (AvgIpc) is 2.45. The van der Waals surface area contributed by atoms with Gasteiger partial charge in [0, 0.05) is 11.3 Å². The molecule has 2 nitrogen and oxygen atoms in total. The van der Waals surface area contributed by atoms with Crippen LogP contribution in [0, 0.1) is 6.92 Å². The Balaban J connectivity index is 2.64. The van der Waals surface area contributed by atoms with E-state index in [1.807, 2.05) is 12.1 Å². The Morgan fingerprint density at radius 1 is 1.27 bits per heavy atom. The molecule has 0 fully saturated rings. The van der Waals surface area contributed by atoms with Gasteiger partial charge in [0.2, 0.25) is 0 Å². The van der Waals surface area contributed by atoms with Gasteiger partial charge in [-0.3, -0.25) is 0 Å². The highest BCUT2D eigenvalue weighted by Crippen LogP contribution is 2.27. The highest BCUT2D eigenvalue weighted by atomic mass is 16.5. The molecule has 0 aliphatic carbocycles. The third kappa shape index (κ3) is 0.906. The standard InChI is InChI=1S/C9H10NO/c1-6-2-3-9(10)8-5-11-4-7(6)8/h2-3H,1,4-5,10H2. The minimum atomic E-state index is 0.643. The summed E-state index contributed by atoms with van der Waals surface area (Å²) < 4.78 is 5.26. The lowest BCUT2D eigenvalue weighted by atomic mass is 10.0. The van der Waals surface area contributed by atoms with Crippen LogP contribution in [0.5, 0.6) is 0 Å². The molecular formula is C9H10NO. The first kappa shape index (κ1) is 6.68. The van der Waals surface area contributed by atoms with Crippen LogP contribution in [0.2, 0.25) is 0 Å². The van der Waals surface area contributed by atoms with E-state index < -0.39 is 0 Å². The van der Waals surface area contributed by atoms with Crippen molar-refractivity contribution in [3.63, 3.8) is 0 Å². The summed E-state index contributed by atoms with van der Waals surface area (Å²) in [5.74, 6) is 0. The number of nitrogens with two attached hydrogens (primary N) is 1. The van der Waals surface area contributed by atoms with E-state index in [0.29, 0.717) is 13.2 Å². The lowest BCUT2D eigenvalue weighted by Gasteiger charge is -2.03. The van der Waals surface area contributed by atoms with Crippen molar-refractivity contribution in [2.75, 3.05) is 5.73 Å². The van der Waals surface area contributed by atoms with Gasteiger partial charge in [0.05, 0.1) is 13.2 Å². The number of fused-ring (bicyclic) bond motifs is 1. The number of benzene rings is 1. The topological polar surface area (TPSA) is 35.2 Å². The number of hydrogen-bond acceptors (Lipinski definition) is 2. The quantitative estimate of drug-likeness (QED) is 0.565. The maximum Gasteiger partial charge on any atom is 0.0745 e. The number of hydrogen-bond donors (Lipinski definition) is 1. The predicted molar refractivity (Wildman–Crippen MR) is 43.8 cm³/mol. The largest absolute Gasteiger partial charge is 0.398 e. The van der Waals surface area contributed by atoms with Crippen LogP contribution in [0.3, 0.4) is 0 Å². The van der Waals surface area contributed by atoms with E-state index in [0.717, 1.165) is 16.8 Å². The zero-order valence-electron chi connectivity index (χ0n) is 6.26. The zero-order chi connectivity index (χ0) is 7.84. The van der Waals surface area contributed by atoms with Crippen molar-refractivity contribution in [3.8, 4) is 0 Å². The second-order valence-corrected chi connectivity index (χ2v) is 2.76. The summed E-state index contributed by atoms with van der Waals surface area (Å²) >= 11 is 0. The SMILES string of the molecule is [CH2]c1ccc(N)c2c1COC2. The maximum absolute atomic E-state index is 5.73. The van der Waals surface area contributed by atoms with Crippen LogP contribution >= 0.6 is 0 Å². The fourth-order valence-corrected chi connectivity index (χ4v) is 1.37. The van der Waals surface area contributed by atoms with Crippen LogP contribution in [0.1, 0.15) is 16.7 Å². The smallest absolute Gasteiger partial charge is 0.0745 e. The first-order valence-electron chi connectivity index (χ1n) is 3.59. The van der Waals surface area contributed by atoms with Crippen molar-refractivity contribution in [2.24, 2.45) is 0 Å². The molecule has 0 unspecified atom stereocenters. The fraction of sp³-hybridized carbons (Fsp3) is 0.222. The zero-order valence-corrected chi connectivity index (χ0v) is 6.26. The van der Waals surface area contributed by atoms with Gasteiger partial charge in [-0.25, -0.2) is 0 Å². The fourth-order valence-electron chi connectivity index (χ4n) is 1.37. The van der Waals surface area contributed by atoms with Crippen molar-refractivity contribution in [1.29, 1.82) is 0 Å². The molecule has 1 aliphatic heterocycles. The van der Waals surface area contributed by atoms with E-state index in [4.69, 9.17) is 10.5 Å². The number of nitrogen functional groups attached to an aromatic ring is 1. The Morgan fingerprint density at radius 2 is 2.00 bits per heavy atom. The summed E-state index contributed by atoms with van der Waals surface area (Å²) in [4.78, 5) is 0. The molecule has 2 N–H and O–H groups in total. The molecule has 0 aromatic heterocycles. The summed E-state index contributed by atoms with van der Waals surface area (Å²) in [6.45, 7) is 5.21. The molecule has 0 atom stereocenters. The molecule has 0 bridgehead atoms. The Labute approximate surface area is 66.0 Å². The maximum atomic E-state index is 5.73. The van der Waals surface area contributed by atoms with Crippen molar-refractivity contribution >= 4 is 5.69 Å². The van der Waals surface area contributed by atoms with Crippen LogP contribution in [-0.4, -0.2) is 0 Å². The highest BCUT2D eigenvalue weighted by Gasteiger charge is 2.15. The van der Waals surface area contributed by atoms with Gasteiger partial charge in [-0.1, -0.05) is 6.07 Å². The van der Waals surface area contributed by atoms with E-state index in [-0.39, 0.29) is 0 Å². The molecule has 0 amide bonds. The van der Waals surface area contributed by atoms with Crippen molar-refractivity contribution in [1.82, 2.24) is 0 Å². The van der Waals surface area contributed by atoms with Crippen LogP contribution < -0.4 is 5.73 Å². The van der Waals surface area contributed by atoms with Gasteiger partial charge >= 0.3 is 0 Å². The molecule has 1 aromatic carbocycles. The lowest BCUT2D eigenvalue weighted by molar-refractivity contribution is 0.134. The number of anilines is 1. The molecule has 57 valence electrons. The Morgan fingerprint density at radius 3 is 2.73 bits per heavy atom. The molecule has 1 aromatic rings. The Bertz CT molecular complexity index is 265. The van der Waals surface area contributed by atoms with Crippen molar-refractivity contribution in [3.05, 3.63) is 35.7 Å². The monoisotopic (exact) mass is 148 g/mol. The predicted octanol–water partition coefficient (Wildman–Crippen LogP) is 1.48. The first-order chi connectivity index (χ1) is 5.29. The van der Waals surface area contributed by atoms with Gasteiger partial charge < -0.3 is 10.5 Å². The highest BCUT2D eigenvalue weighted by molar-refractivity contribution is 5.55. The second kappa shape index (κ2) is 2.24. The van der Waals surface area contributed by atoms with E-state index in [2.05, 4.69) is 6.92 Å². The molecule has 1 aliphatic rings. The molecule has 0 spiro atoms. The van der Waals surface area contributed by atoms with Gasteiger partial charge in [0.15, 0.2) is 0 Å². The average molecular weight is 148 g/mol.